The summed E-state index contributed by atoms with van der Waals surface area (Å²) in [6.45, 7) is 2.57. The van der Waals surface area contributed by atoms with Crippen LogP contribution in [-0.4, -0.2) is 18.3 Å². The van der Waals surface area contributed by atoms with Crippen molar-refractivity contribution in [1.82, 2.24) is 0 Å². The molecule has 0 fully saturated rings. The van der Waals surface area contributed by atoms with Crippen molar-refractivity contribution in [2.45, 2.75) is 32.2 Å². The lowest BCUT2D eigenvalue weighted by Crippen LogP contribution is -2.09. The van der Waals surface area contributed by atoms with Crippen molar-refractivity contribution in [1.29, 1.82) is 0 Å². The molecule has 0 saturated heterocycles. The van der Waals surface area contributed by atoms with E-state index in [0.29, 0.717) is 17.9 Å². The Kier molecular flexibility index (Phi) is 5.94. The van der Waals surface area contributed by atoms with Crippen LogP contribution in [0.4, 0.5) is 4.39 Å². The topological polar surface area (TPSA) is 55.5 Å². The quantitative estimate of drug-likeness (QED) is 0.721. The Morgan fingerprint density at radius 1 is 1.35 bits per heavy atom. The van der Waals surface area contributed by atoms with Crippen LogP contribution in [0, 0.1) is 5.82 Å². The van der Waals surface area contributed by atoms with Gasteiger partial charge in [0.25, 0.3) is 0 Å². The standard InChI is InChI=1S/C13H20FNO2/c1-10(15)12-9-11(14)5-6-13(12)17-8-4-2-3-7-16/h5-6,9-10,16H,2-4,7-8,15H2,1H3/t10-/m1/s1. The molecule has 96 valence electrons. The molecule has 1 aromatic carbocycles. The molecule has 0 heterocycles. The van der Waals surface area contributed by atoms with E-state index < -0.39 is 0 Å². The van der Waals surface area contributed by atoms with E-state index in [9.17, 15) is 4.39 Å². The van der Waals surface area contributed by atoms with Crippen molar-refractivity contribution in [3.63, 3.8) is 0 Å². The van der Waals surface area contributed by atoms with Gasteiger partial charge < -0.3 is 15.6 Å². The summed E-state index contributed by atoms with van der Waals surface area (Å²) in [4.78, 5) is 0. The minimum absolute atomic E-state index is 0.210. The molecule has 0 saturated carbocycles. The van der Waals surface area contributed by atoms with Crippen LogP contribution in [0.2, 0.25) is 0 Å². The number of aliphatic hydroxyl groups excluding tert-OH is 1. The van der Waals surface area contributed by atoms with Crippen molar-refractivity contribution in [3.8, 4) is 5.75 Å². The number of hydrogen-bond acceptors (Lipinski definition) is 3. The Balaban J connectivity index is 2.52. The molecule has 0 bridgehead atoms. The lowest BCUT2D eigenvalue weighted by molar-refractivity contribution is 0.265. The first-order valence-electron chi connectivity index (χ1n) is 5.94. The summed E-state index contributed by atoms with van der Waals surface area (Å²) in [6.07, 6.45) is 2.58. The highest BCUT2D eigenvalue weighted by Gasteiger charge is 2.09. The highest BCUT2D eigenvalue weighted by atomic mass is 19.1. The summed E-state index contributed by atoms with van der Waals surface area (Å²) in [7, 11) is 0. The molecule has 4 heteroatoms. The minimum atomic E-state index is -0.301. The molecular formula is C13H20FNO2. The van der Waals surface area contributed by atoms with Crippen LogP contribution in [0.25, 0.3) is 0 Å². The van der Waals surface area contributed by atoms with E-state index in [2.05, 4.69) is 0 Å². The van der Waals surface area contributed by atoms with Gasteiger partial charge in [0, 0.05) is 18.2 Å². The summed E-state index contributed by atoms with van der Waals surface area (Å²) in [6, 6.07) is 4.14. The van der Waals surface area contributed by atoms with Gasteiger partial charge in [-0.2, -0.15) is 0 Å². The molecule has 0 spiro atoms. The summed E-state index contributed by atoms with van der Waals surface area (Å²) in [5.41, 5.74) is 6.44. The fourth-order valence-corrected chi connectivity index (χ4v) is 1.58. The number of ether oxygens (including phenoxy) is 1. The first kappa shape index (κ1) is 13.9. The van der Waals surface area contributed by atoms with E-state index in [1.807, 2.05) is 0 Å². The van der Waals surface area contributed by atoms with Crippen LogP contribution in [0.15, 0.2) is 18.2 Å². The van der Waals surface area contributed by atoms with Crippen LogP contribution in [0.1, 0.15) is 37.8 Å². The molecule has 1 rings (SSSR count). The molecule has 0 aromatic heterocycles. The molecule has 1 aromatic rings. The monoisotopic (exact) mass is 241 g/mol. The van der Waals surface area contributed by atoms with Crippen molar-refractivity contribution in [2.24, 2.45) is 5.73 Å². The molecule has 0 amide bonds. The summed E-state index contributed by atoms with van der Waals surface area (Å²) < 4.78 is 18.6. The van der Waals surface area contributed by atoms with Crippen LogP contribution in [0.5, 0.6) is 5.75 Å². The zero-order chi connectivity index (χ0) is 12.7. The van der Waals surface area contributed by atoms with Crippen LogP contribution < -0.4 is 10.5 Å². The number of unbranched alkanes of at least 4 members (excludes halogenated alkanes) is 2. The average molecular weight is 241 g/mol. The fraction of sp³-hybridized carbons (Fsp3) is 0.538. The molecule has 3 nitrogen and oxygen atoms in total. The number of halogens is 1. The number of aliphatic hydroxyl groups is 1. The molecule has 0 radical (unpaired) electrons. The van der Waals surface area contributed by atoms with Crippen LogP contribution in [-0.2, 0) is 0 Å². The number of rotatable bonds is 7. The van der Waals surface area contributed by atoms with Gasteiger partial charge in [0.15, 0.2) is 0 Å². The zero-order valence-corrected chi connectivity index (χ0v) is 10.2. The molecule has 17 heavy (non-hydrogen) atoms. The van der Waals surface area contributed by atoms with Crippen molar-refractivity contribution in [2.75, 3.05) is 13.2 Å². The largest absolute Gasteiger partial charge is 0.493 e. The number of benzene rings is 1. The summed E-state index contributed by atoms with van der Waals surface area (Å²) >= 11 is 0. The maximum absolute atomic E-state index is 13.1. The van der Waals surface area contributed by atoms with Crippen molar-refractivity contribution < 1.29 is 14.2 Å². The summed E-state index contributed by atoms with van der Waals surface area (Å²) in [5, 5.41) is 8.63. The van der Waals surface area contributed by atoms with Gasteiger partial charge in [0.05, 0.1) is 6.61 Å². The fourth-order valence-electron chi connectivity index (χ4n) is 1.58. The minimum Gasteiger partial charge on any atom is -0.493 e. The summed E-state index contributed by atoms with van der Waals surface area (Å²) in [5.74, 6) is 0.343. The first-order valence-corrected chi connectivity index (χ1v) is 5.94. The third-order valence-corrected chi connectivity index (χ3v) is 2.52. The second kappa shape index (κ2) is 7.25. The Bertz CT molecular complexity index is 342. The molecule has 0 unspecified atom stereocenters. The average Bonchev–Trinajstić information content (AvgIpc) is 2.30. The molecule has 3 N–H and O–H groups in total. The smallest absolute Gasteiger partial charge is 0.124 e. The third-order valence-electron chi connectivity index (χ3n) is 2.52. The van der Waals surface area contributed by atoms with Gasteiger partial charge in [-0.1, -0.05) is 0 Å². The van der Waals surface area contributed by atoms with E-state index in [1.165, 1.54) is 12.1 Å². The number of hydrogen-bond donors (Lipinski definition) is 2. The van der Waals surface area contributed by atoms with Gasteiger partial charge in [0.2, 0.25) is 0 Å². The lowest BCUT2D eigenvalue weighted by atomic mass is 10.1. The highest BCUT2D eigenvalue weighted by Crippen LogP contribution is 2.24. The van der Waals surface area contributed by atoms with Gasteiger partial charge in [-0.25, -0.2) is 4.39 Å². The zero-order valence-electron chi connectivity index (χ0n) is 10.2. The Morgan fingerprint density at radius 2 is 2.12 bits per heavy atom. The molecular weight excluding hydrogens is 221 g/mol. The van der Waals surface area contributed by atoms with E-state index in [4.69, 9.17) is 15.6 Å². The molecule has 0 aliphatic heterocycles. The maximum Gasteiger partial charge on any atom is 0.124 e. The van der Waals surface area contributed by atoms with Gasteiger partial charge in [-0.3, -0.25) is 0 Å². The Morgan fingerprint density at radius 3 is 2.76 bits per heavy atom. The van der Waals surface area contributed by atoms with E-state index >= 15 is 0 Å². The normalized spacial score (nSPS) is 12.5. The van der Waals surface area contributed by atoms with Crippen molar-refractivity contribution >= 4 is 0 Å². The van der Waals surface area contributed by atoms with Gasteiger partial charge >= 0.3 is 0 Å². The second-order valence-electron chi connectivity index (χ2n) is 4.10. The maximum atomic E-state index is 13.1. The van der Waals surface area contributed by atoms with Gasteiger partial charge in [0.1, 0.15) is 11.6 Å². The highest BCUT2D eigenvalue weighted by molar-refractivity contribution is 5.36. The van der Waals surface area contributed by atoms with Gasteiger partial charge in [-0.15, -0.1) is 0 Å². The molecule has 0 aliphatic carbocycles. The van der Waals surface area contributed by atoms with Crippen molar-refractivity contribution in [3.05, 3.63) is 29.6 Å². The lowest BCUT2D eigenvalue weighted by Gasteiger charge is -2.14. The van der Waals surface area contributed by atoms with E-state index in [-0.39, 0.29) is 18.5 Å². The SMILES string of the molecule is C[C@@H](N)c1cc(F)ccc1OCCCCCO. The van der Waals surface area contributed by atoms with Gasteiger partial charge in [-0.05, 0) is 44.4 Å². The second-order valence-corrected chi connectivity index (χ2v) is 4.10. The van der Waals surface area contributed by atoms with E-state index in [0.717, 1.165) is 19.3 Å². The number of nitrogens with two attached hydrogens (primary N) is 1. The van der Waals surface area contributed by atoms with Crippen LogP contribution >= 0.6 is 0 Å². The third kappa shape index (κ3) is 4.71. The first-order chi connectivity index (χ1) is 8.15. The molecule has 0 aliphatic rings. The predicted octanol–water partition coefficient (Wildman–Crippen LogP) is 2.39. The predicted molar refractivity (Wildman–Crippen MR) is 65.4 cm³/mol. The Labute approximate surface area is 101 Å². The molecule has 1 atom stereocenters. The van der Waals surface area contributed by atoms with Crippen LogP contribution in [0.3, 0.4) is 0 Å². The Hall–Kier alpha value is -1.13. The van der Waals surface area contributed by atoms with E-state index in [1.54, 1.807) is 13.0 Å².